The van der Waals surface area contributed by atoms with E-state index < -0.39 is 6.04 Å². The van der Waals surface area contributed by atoms with E-state index in [0.717, 1.165) is 16.9 Å². The Morgan fingerprint density at radius 2 is 2.23 bits per heavy atom. The molecule has 0 radical (unpaired) electrons. The largest absolute Gasteiger partial charge is 0.417 e. The van der Waals surface area contributed by atoms with Crippen LogP contribution in [0.5, 0.6) is 0 Å². The maximum absolute atomic E-state index is 13.3. The predicted octanol–water partition coefficient (Wildman–Crippen LogP) is 2.22. The number of pyridine rings is 1. The summed E-state index contributed by atoms with van der Waals surface area (Å²) in [7, 11) is 0. The van der Waals surface area contributed by atoms with E-state index >= 15 is 0 Å². The van der Waals surface area contributed by atoms with Crippen molar-refractivity contribution in [2.75, 3.05) is 6.54 Å². The van der Waals surface area contributed by atoms with E-state index in [1.807, 2.05) is 26.0 Å². The van der Waals surface area contributed by atoms with Crippen LogP contribution >= 0.6 is 0 Å². The molecule has 0 bridgehead atoms. The maximum Gasteiger partial charge on any atom is 0.312 e. The zero-order valence-corrected chi connectivity index (χ0v) is 16.4. The van der Waals surface area contributed by atoms with Gasteiger partial charge in [-0.1, -0.05) is 19.9 Å². The van der Waals surface area contributed by atoms with Gasteiger partial charge >= 0.3 is 11.8 Å². The molecule has 0 saturated carbocycles. The molecular formula is C20H18N8O2. The van der Waals surface area contributed by atoms with Gasteiger partial charge in [-0.3, -0.25) is 4.79 Å². The van der Waals surface area contributed by atoms with Crippen molar-refractivity contribution in [2.45, 2.75) is 32.2 Å². The molecule has 0 fully saturated rings. The van der Waals surface area contributed by atoms with Gasteiger partial charge in [0, 0.05) is 24.6 Å². The van der Waals surface area contributed by atoms with Gasteiger partial charge in [0.1, 0.15) is 17.8 Å². The zero-order valence-electron chi connectivity index (χ0n) is 16.4. The average Bonchev–Trinajstić information content (AvgIpc) is 3.50. The Balaban J connectivity index is 1.61. The minimum atomic E-state index is -0.534. The van der Waals surface area contributed by atoms with E-state index in [9.17, 15) is 10.1 Å². The molecule has 0 unspecified atom stereocenters. The first-order chi connectivity index (χ1) is 14.6. The van der Waals surface area contributed by atoms with Crippen LogP contribution in [0.25, 0.3) is 5.52 Å². The fourth-order valence-corrected chi connectivity index (χ4v) is 3.73. The molecule has 4 aromatic rings. The van der Waals surface area contributed by atoms with Crippen molar-refractivity contribution in [3.8, 4) is 6.07 Å². The Kier molecular flexibility index (Phi) is 4.10. The summed E-state index contributed by atoms with van der Waals surface area (Å²) >= 11 is 0. The van der Waals surface area contributed by atoms with Crippen molar-refractivity contribution >= 4 is 11.4 Å². The summed E-state index contributed by atoms with van der Waals surface area (Å²) in [5.74, 6) is 0.0190. The second-order valence-corrected chi connectivity index (χ2v) is 7.45. The number of carbonyl (C=O) groups excluding carboxylic acids is 1. The number of fused-ring (bicyclic) bond motifs is 2. The molecule has 10 nitrogen and oxygen atoms in total. The SMILES string of the molecule is CC(C)c1nnc(C(=O)N2CCc3[nH]cnc3[C@H]2c2cc3cccc(C#N)n3n2)o1. The van der Waals surface area contributed by atoms with Crippen molar-refractivity contribution in [3.05, 3.63) is 65.1 Å². The molecule has 1 aliphatic heterocycles. The van der Waals surface area contributed by atoms with Gasteiger partial charge in [0.2, 0.25) is 5.89 Å². The number of carbonyl (C=O) groups is 1. The van der Waals surface area contributed by atoms with E-state index in [1.54, 1.807) is 27.9 Å². The topological polar surface area (TPSA) is 129 Å². The zero-order chi connectivity index (χ0) is 20.8. The number of nitrogens with one attached hydrogen (secondary N) is 1. The summed E-state index contributed by atoms with van der Waals surface area (Å²) in [6.07, 6.45) is 2.24. The number of aromatic nitrogens is 6. The number of imidazole rings is 1. The van der Waals surface area contributed by atoms with Crippen LogP contribution in [0.2, 0.25) is 0 Å². The van der Waals surface area contributed by atoms with Crippen LogP contribution in [0.1, 0.15) is 65.2 Å². The molecule has 0 aromatic carbocycles. The van der Waals surface area contributed by atoms with Crippen molar-refractivity contribution < 1.29 is 9.21 Å². The lowest BCUT2D eigenvalue weighted by Gasteiger charge is -2.32. The predicted molar refractivity (Wildman–Crippen MR) is 103 cm³/mol. The smallest absolute Gasteiger partial charge is 0.312 e. The molecule has 1 amide bonds. The van der Waals surface area contributed by atoms with Crippen molar-refractivity contribution in [2.24, 2.45) is 0 Å². The molecule has 10 heteroatoms. The van der Waals surface area contributed by atoms with Gasteiger partial charge < -0.3 is 14.3 Å². The highest BCUT2D eigenvalue weighted by Crippen LogP contribution is 2.34. The Morgan fingerprint density at radius 1 is 1.37 bits per heavy atom. The molecule has 0 spiro atoms. The maximum atomic E-state index is 13.3. The lowest BCUT2D eigenvalue weighted by Crippen LogP contribution is -2.41. The van der Waals surface area contributed by atoms with E-state index in [0.29, 0.717) is 30.2 Å². The number of hydrogen-bond donors (Lipinski definition) is 1. The number of nitriles is 1. The molecule has 5 heterocycles. The Bertz CT molecular complexity index is 1290. The normalized spacial score (nSPS) is 16.1. The van der Waals surface area contributed by atoms with E-state index in [4.69, 9.17) is 4.42 Å². The van der Waals surface area contributed by atoms with Crippen LogP contribution in [0, 0.1) is 11.3 Å². The third kappa shape index (κ3) is 2.75. The summed E-state index contributed by atoms with van der Waals surface area (Å²) in [5, 5.41) is 21.9. The number of aromatic amines is 1. The monoisotopic (exact) mass is 402 g/mol. The van der Waals surface area contributed by atoms with Gasteiger partial charge in [0.05, 0.1) is 23.2 Å². The van der Waals surface area contributed by atoms with Crippen molar-refractivity contribution in [3.63, 3.8) is 0 Å². The Labute approximate surface area is 171 Å². The first-order valence-electron chi connectivity index (χ1n) is 9.62. The fourth-order valence-electron chi connectivity index (χ4n) is 3.73. The lowest BCUT2D eigenvalue weighted by atomic mass is 9.99. The van der Waals surface area contributed by atoms with Gasteiger partial charge in [-0.25, -0.2) is 9.50 Å². The fraction of sp³-hybridized carbons (Fsp3) is 0.300. The molecule has 4 aromatic heterocycles. The highest BCUT2D eigenvalue weighted by atomic mass is 16.4. The average molecular weight is 402 g/mol. The van der Waals surface area contributed by atoms with E-state index in [1.165, 1.54) is 0 Å². The number of H-pyrrole nitrogens is 1. The standard InChI is InChI=1S/C20H18N8O2/c1-11(2)18-24-25-19(30-18)20(29)27-7-6-14-16(23-10-22-14)17(27)15-8-12-4-3-5-13(9-21)28(12)26-15/h3-5,8,10-11,17H,6-7H2,1-2H3,(H,22,23)/t17-/m1/s1. The second kappa shape index (κ2) is 6.81. The summed E-state index contributed by atoms with van der Waals surface area (Å²) in [6, 6.07) is 8.83. The van der Waals surface area contributed by atoms with Gasteiger partial charge in [0.15, 0.2) is 0 Å². The first-order valence-corrected chi connectivity index (χ1v) is 9.62. The molecule has 150 valence electrons. The molecule has 1 aliphatic rings. The summed E-state index contributed by atoms with van der Waals surface area (Å²) in [4.78, 5) is 22.5. The van der Waals surface area contributed by atoms with E-state index in [-0.39, 0.29) is 17.7 Å². The number of nitrogens with zero attached hydrogens (tertiary/aromatic N) is 7. The van der Waals surface area contributed by atoms with E-state index in [2.05, 4.69) is 31.3 Å². The first kappa shape index (κ1) is 18.1. The quantitative estimate of drug-likeness (QED) is 0.556. The molecule has 0 aliphatic carbocycles. The summed E-state index contributed by atoms with van der Waals surface area (Å²) < 4.78 is 7.17. The number of amides is 1. The molecule has 30 heavy (non-hydrogen) atoms. The van der Waals surface area contributed by atoms with Gasteiger partial charge in [-0.15, -0.1) is 10.2 Å². The minimum Gasteiger partial charge on any atom is -0.417 e. The minimum absolute atomic E-state index is 0.0250. The van der Waals surface area contributed by atoms with Crippen molar-refractivity contribution in [1.82, 2.24) is 34.7 Å². The Morgan fingerprint density at radius 3 is 3.00 bits per heavy atom. The third-order valence-corrected chi connectivity index (χ3v) is 5.20. The summed E-state index contributed by atoms with van der Waals surface area (Å²) in [5.41, 5.74) is 3.46. The van der Waals surface area contributed by atoms with Crippen LogP contribution in [0.4, 0.5) is 0 Å². The lowest BCUT2D eigenvalue weighted by molar-refractivity contribution is 0.0643. The number of hydrogen-bond acceptors (Lipinski definition) is 7. The molecular weight excluding hydrogens is 384 g/mol. The molecule has 5 rings (SSSR count). The number of rotatable bonds is 3. The van der Waals surface area contributed by atoms with Crippen LogP contribution in [-0.4, -0.2) is 47.1 Å². The van der Waals surface area contributed by atoms with Crippen LogP contribution in [0.3, 0.4) is 0 Å². The highest BCUT2D eigenvalue weighted by Gasteiger charge is 2.38. The third-order valence-electron chi connectivity index (χ3n) is 5.20. The Hall–Kier alpha value is -4.00. The van der Waals surface area contributed by atoms with Crippen LogP contribution in [-0.2, 0) is 6.42 Å². The summed E-state index contributed by atoms with van der Waals surface area (Å²) in [6.45, 7) is 4.28. The van der Waals surface area contributed by atoms with Gasteiger partial charge in [-0.05, 0) is 18.2 Å². The second-order valence-electron chi connectivity index (χ2n) is 7.45. The highest BCUT2D eigenvalue weighted by molar-refractivity contribution is 5.90. The molecule has 0 saturated heterocycles. The van der Waals surface area contributed by atoms with Crippen LogP contribution < -0.4 is 0 Å². The molecule has 1 atom stereocenters. The van der Waals surface area contributed by atoms with Gasteiger partial charge in [-0.2, -0.15) is 10.4 Å². The molecule has 1 N–H and O–H groups in total. The van der Waals surface area contributed by atoms with Crippen molar-refractivity contribution in [1.29, 1.82) is 5.26 Å². The van der Waals surface area contributed by atoms with Gasteiger partial charge in [0.25, 0.3) is 0 Å². The van der Waals surface area contributed by atoms with Crippen LogP contribution in [0.15, 0.2) is 35.0 Å².